The topological polar surface area (TPSA) is 63.1 Å². The Balaban J connectivity index is 1.78. The molecule has 0 aliphatic carbocycles. The summed E-state index contributed by atoms with van der Waals surface area (Å²) < 4.78 is 54.2. The Bertz CT molecular complexity index is 955. The van der Waals surface area contributed by atoms with Crippen LogP contribution < -0.4 is 5.32 Å². The molecule has 1 N–H and O–H groups in total. The van der Waals surface area contributed by atoms with Crippen LogP contribution in [0, 0.1) is 5.82 Å². The minimum Gasteiger partial charge on any atom is -0.323 e. The first-order chi connectivity index (χ1) is 13.2. The third kappa shape index (κ3) is 4.45. The zero-order chi connectivity index (χ0) is 20.3. The number of rotatable bonds is 4. The Labute approximate surface area is 157 Å². The molecular formula is C18H15F4N5O. The van der Waals surface area contributed by atoms with Gasteiger partial charge in [0.25, 0.3) is 0 Å². The molecule has 0 radical (unpaired) electrons. The highest BCUT2D eigenvalue weighted by molar-refractivity contribution is 5.89. The summed E-state index contributed by atoms with van der Waals surface area (Å²) in [5.74, 6) is -0.400. The second kappa shape index (κ2) is 7.67. The average Bonchev–Trinajstić information content (AvgIpc) is 3.17. The van der Waals surface area contributed by atoms with E-state index >= 15 is 0 Å². The van der Waals surface area contributed by atoms with E-state index in [0.29, 0.717) is 5.56 Å². The number of halogens is 4. The number of carbonyl (C=O) groups is 1. The van der Waals surface area contributed by atoms with Gasteiger partial charge in [-0.3, -0.25) is 0 Å². The maximum Gasteiger partial charge on any atom is 0.418 e. The fraction of sp³-hybridized carbons (Fsp3) is 0.167. The molecule has 2 aromatic carbocycles. The number of urea groups is 1. The first kappa shape index (κ1) is 19.3. The van der Waals surface area contributed by atoms with Crippen LogP contribution in [0.3, 0.4) is 0 Å². The van der Waals surface area contributed by atoms with Crippen molar-refractivity contribution in [2.75, 3.05) is 12.4 Å². The Morgan fingerprint density at radius 1 is 1.18 bits per heavy atom. The Hall–Kier alpha value is -3.43. The molecule has 0 bridgehead atoms. The first-order valence-corrected chi connectivity index (χ1v) is 8.07. The number of aromatic nitrogens is 3. The molecule has 1 aromatic heterocycles. The van der Waals surface area contributed by atoms with Crippen molar-refractivity contribution in [3.63, 3.8) is 0 Å². The summed E-state index contributed by atoms with van der Waals surface area (Å²) in [6.45, 7) is 0.162. The van der Waals surface area contributed by atoms with Gasteiger partial charge in [0, 0.05) is 19.3 Å². The SMILES string of the molecule is CN(Cc1ccc(F)cc1)C(=O)Nc1ccc(-n2cncn2)c(C(F)(F)F)c1. The summed E-state index contributed by atoms with van der Waals surface area (Å²) >= 11 is 0. The predicted molar refractivity (Wildman–Crippen MR) is 93.2 cm³/mol. The van der Waals surface area contributed by atoms with Crippen molar-refractivity contribution in [2.45, 2.75) is 12.7 Å². The molecule has 0 atom stereocenters. The predicted octanol–water partition coefficient (Wildman–Crippen LogP) is 4.09. The largest absolute Gasteiger partial charge is 0.418 e. The van der Waals surface area contributed by atoms with E-state index in [0.717, 1.165) is 23.4 Å². The van der Waals surface area contributed by atoms with Gasteiger partial charge in [-0.25, -0.2) is 18.9 Å². The molecule has 0 unspecified atom stereocenters. The van der Waals surface area contributed by atoms with Crippen LogP contribution in [0.5, 0.6) is 0 Å². The third-order valence-corrected chi connectivity index (χ3v) is 3.90. The maximum absolute atomic E-state index is 13.4. The summed E-state index contributed by atoms with van der Waals surface area (Å²) in [4.78, 5) is 17.2. The van der Waals surface area contributed by atoms with Crippen molar-refractivity contribution in [2.24, 2.45) is 0 Å². The fourth-order valence-corrected chi connectivity index (χ4v) is 2.53. The van der Waals surface area contributed by atoms with Gasteiger partial charge in [-0.2, -0.15) is 18.3 Å². The molecule has 28 heavy (non-hydrogen) atoms. The lowest BCUT2D eigenvalue weighted by Gasteiger charge is -2.19. The van der Waals surface area contributed by atoms with Crippen molar-refractivity contribution in [3.8, 4) is 5.69 Å². The molecule has 1 heterocycles. The number of nitrogens with one attached hydrogen (secondary N) is 1. The summed E-state index contributed by atoms with van der Waals surface area (Å²) in [6, 6.07) is 8.34. The highest BCUT2D eigenvalue weighted by Crippen LogP contribution is 2.35. The number of hydrogen-bond donors (Lipinski definition) is 1. The smallest absolute Gasteiger partial charge is 0.323 e. The Morgan fingerprint density at radius 3 is 2.50 bits per heavy atom. The van der Waals surface area contributed by atoms with Gasteiger partial charge in [0.2, 0.25) is 0 Å². The van der Waals surface area contributed by atoms with Gasteiger partial charge < -0.3 is 10.2 Å². The van der Waals surface area contributed by atoms with Crippen LogP contribution in [0.4, 0.5) is 28.0 Å². The van der Waals surface area contributed by atoms with Crippen molar-refractivity contribution in [1.29, 1.82) is 0 Å². The van der Waals surface area contributed by atoms with Crippen LogP contribution in [-0.4, -0.2) is 32.7 Å². The van der Waals surface area contributed by atoms with Gasteiger partial charge in [0.15, 0.2) is 0 Å². The minimum absolute atomic E-state index is 0.0212. The minimum atomic E-state index is -4.65. The van der Waals surface area contributed by atoms with E-state index in [9.17, 15) is 22.4 Å². The van der Waals surface area contributed by atoms with Crippen LogP contribution in [0.25, 0.3) is 5.69 Å². The number of carbonyl (C=O) groups excluding carboxylic acids is 1. The zero-order valence-corrected chi connectivity index (χ0v) is 14.6. The number of benzene rings is 2. The first-order valence-electron chi connectivity index (χ1n) is 8.07. The zero-order valence-electron chi connectivity index (χ0n) is 14.6. The van der Waals surface area contributed by atoms with E-state index in [1.165, 1.54) is 48.3 Å². The van der Waals surface area contributed by atoms with Gasteiger partial charge in [0.05, 0.1) is 11.3 Å². The van der Waals surface area contributed by atoms with Crippen LogP contribution in [-0.2, 0) is 12.7 Å². The van der Waals surface area contributed by atoms with Crippen LogP contribution in [0.15, 0.2) is 55.1 Å². The Kier molecular flexibility index (Phi) is 5.30. The van der Waals surface area contributed by atoms with Crippen LogP contribution >= 0.6 is 0 Å². The molecule has 10 heteroatoms. The molecule has 0 aliphatic heterocycles. The fourth-order valence-electron chi connectivity index (χ4n) is 2.53. The average molecular weight is 393 g/mol. The lowest BCUT2D eigenvalue weighted by molar-refractivity contribution is -0.137. The molecule has 3 rings (SSSR count). The third-order valence-electron chi connectivity index (χ3n) is 3.90. The lowest BCUT2D eigenvalue weighted by Crippen LogP contribution is -2.31. The molecule has 0 fully saturated rings. The number of alkyl halides is 3. The van der Waals surface area contributed by atoms with Crippen LogP contribution in [0.1, 0.15) is 11.1 Å². The number of hydrogen-bond acceptors (Lipinski definition) is 3. The van der Waals surface area contributed by atoms with Gasteiger partial charge >= 0.3 is 12.2 Å². The molecule has 0 aliphatic rings. The van der Waals surface area contributed by atoms with Gasteiger partial charge in [0.1, 0.15) is 18.5 Å². The number of nitrogens with zero attached hydrogens (tertiary/aromatic N) is 4. The summed E-state index contributed by atoms with van der Waals surface area (Å²) in [6.07, 6.45) is -2.37. The maximum atomic E-state index is 13.4. The summed E-state index contributed by atoms with van der Waals surface area (Å²) in [5, 5.41) is 6.14. The second-order valence-corrected chi connectivity index (χ2v) is 5.98. The van der Waals surface area contributed by atoms with Crippen molar-refractivity contribution >= 4 is 11.7 Å². The van der Waals surface area contributed by atoms with E-state index in [1.807, 2.05) is 0 Å². The van der Waals surface area contributed by atoms with Crippen molar-refractivity contribution in [3.05, 3.63) is 72.1 Å². The molecule has 3 aromatic rings. The molecule has 6 nitrogen and oxygen atoms in total. The van der Waals surface area contributed by atoms with E-state index < -0.39 is 23.6 Å². The van der Waals surface area contributed by atoms with Crippen molar-refractivity contribution < 1.29 is 22.4 Å². The molecule has 0 spiro atoms. The number of amides is 2. The highest BCUT2D eigenvalue weighted by Gasteiger charge is 2.34. The highest BCUT2D eigenvalue weighted by atomic mass is 19.4. The normalized spacial score (nSPS) is 11.3. The molecule has 146 valence electrons. The standard InChI is InChI=1S/C18H15F4N5O/c1-26(9-12-2-4-13(19)5-3-12)17(28)25-14-6-7-16(27-11-23-10-24-27)15(8-14)18(20,21)22/h2-8,10-11H,9H2,1H3,(H,25,28). The monoisotopic (exact) mass is 393 g/mol. The summed E-state index contributed by atoms with van der Waals surface area (Å²) in [5.41, 5.74) is -0.511. The summed E-state index contributed by atoms with van der Waals surface area (Å²) in [7, 11) is 1.48. The quantitative estimate of drug-likeness (QED) is 0.679. The molecule has 0 saturated heterocycles. The van der Waals surface area contributed by atoms with E-state index in [2.05, 4.69) is 15.4 Å². The Morgan fingerprint density at radius 2 is 1.89 bits per heavy atom. The van der Waals surface area contributed by atoms with Gasteiger partial charge in [-0.15, -0.1) is 0 Å². The lowest BCUT2D eigenvalue weighted by atomic mass is 10.1. The second-order valence-electron chi connectivity index (χ2n) is 5.98. The molecule has 2 amide bonds. The van der Waals surface area contributed by atoms with E-state index in [4.69, 9.17) is 0 Å². The molecule has 0 saturated carbocycles. The van der Waals surface area contributed by atoms with Crippen LogP contribution in [0.2, 0.25) is 0 Å². The van der Waals surface area contributed by atoms with E-state index in [1.54, 1.807) is 0 Å². The van der Waals surface area contributed by atoms with Crippen molar-refractivity contribution in [1.82, 2.24) is 19.7 Å². The van der Waals surface area contributed by atoms with Gasteiger partial charge in [-0.1, -0.05) is 12.1 Å². The molecular weight excluding hydrogens is 378 g/mol. The van der Waals surface area contributed by atoms with Gasteiger partial charge in [-0.05, 0) is 35.9 Å². The van der Waals surface area contributed by atoms with E-state index in [-0.39, 0.29) is 17.9 Å². The number of anilines is 1.